The van der Waals surface area contributed by atoms with Gasteiger partial charge in [0, 0.05) is 13.0 Å². The van der Waals surface area contributed by atoms with Gasteiger partial charge in [-0.25, -0.2) is 0 Å². The first-order chi connectivity index (χ1) is 8.70. The molecule has 1 amide bonds. The SMILES string of the molecule is CCc1oc(C(=O)NC[C@@H]2CCCNC2)cc1C. The molecule has 0 aromatic carbocycles. The summed E-state index contributed by atoms with van der Waals surface area (Å²) in [5, 5.41) is 6.31. The van der Waals surface area contributed by atoms with E-state index in [1.54, 1.807) is 0 Å². The van der Waals surface area contributed by atoms with Gasteiger partial charge in [-0.1, -0.05) is 6.92 Å². The third kappa shape index (κ3) is 3.13. The molecule has 0 unspecified atom stereocenters. The highest BCUT2D eigenvalue weighted by molar-refractivity contribution is 5.91. The Morgan fingerprint density at radius 2 is 2.44 bits per heavy atom. The lowest BCUT2D eigenvalue weighted by Crippen LogP contribution is -2.38. The van der Waals surface area contributed by atoms with Crippen LogP contribution < -0.4 is 10.6 Å². The van der Waals surface area contributed by atoms with E-state index in [0.29, 0.717) is 11.7 Å². The Morgan fingerprint density at radius 1 is 1.61 bits per heavy atom. The molecule has 2 N–H and O–H groups in total. The third-order valence-corrected chi connectivity index (χ3v) is 3.52. The molecule has 1 fully saturated rings. The lowest BCUT2D eigenvalue weighted by molar-refractivity contribution is 0.0915. The quantitative estimate of drug-likeness (QED) is 0.858. The molecular weight excluding hydrogens is 228 g/mol. The van der Waals surface area contributed by atoms with E-state index in [2.05, 4.69) is 10.6 Å². The van der Waals surface area contributed by atoms with E-state index < -0.39 is 0 Å². The first-order valence-electron chi connectivity index (χ1n) is 6.79. The van der Waals surface area contributed by atoms with Crippen LogP contribution >= 0.6 is 0 Å². The molecule has 18 heavy (non-hydrogen) atoms. The van der Waals surface area contributed by atoms with Gasteiger partial charge in [-0.2, -0.15) is 0 Å². The van der Waals surface area contributed by atoms with Crippen molar-refractivity contribution in [2.75, 3.05) is 19.6 Å². The predicted octanol–water partition coefficient (Wildman–Crippen LogP) is 1.88. The molecule has 1 aliphatic heterocycles. The summed E-state index contributed by atoms with van der Waals surface area (Å²) in [5.74, 6) is 1.79. The van der Waals surface area contributed by atoms with Crippen molar-refractivity contribution in [1.82, 2.24) is 10.6 Å². The normalized spacial score (nSPS) is 19.8. The molecule has 1 atom stereocenters. The molecule has 4 nitrogen and oxygen atoms in total. The number of furan rings is 1. The number of carbonyl (C=O) groups is 1. The summed E-state index contributed by atoms with van der Waals surface area (Å²) in [7, 11) is 0. The number of rotatable bonds is 4. The van der Waals surface area contributed by atoms with Gasteiger partial charge >= 0.3 is 0 Å². The average Bonchev–Trinajstić information content (AvgIpc) is 2.78. The Bertz CT molecular complexity index is 406. The molecule has 0 bridgehead atoms. The monoisotopic (exact) mass is 250 g/mol. The molecule has 4 heteroatoms. The lowest BCUT2D eigenvalue weighted by Gasteiger charge is -2.22. The van der Waals surface area contributed by atoms with Gasteiger partial charge in [-0.3, -0.25) is 4.79 Å². The van der Waals surface area contributed by atoms with E-state index in [1.165, 1.54) is 12.8 Å². The number of hydrogen-bond acceptors (Lipinski definition) is 3. The maximum atomic E-state index is 11.9. The second-order valence-electron chi connectivity index (χ2n) is 4.99. The third-order valence-electron chi connectivity index (χ3n) is 3.52. The largest absolute Gasteiger partial charge is 0.456 e. The second kappa shape index (κ2) is 6.05. The fourth-order valence-electron chi connectivity index (χ4n) is 2.41. The maximum Gasteiger partial charge on any atom is 0.287 e. The molecule has 100 valence electrons. The van der Waals surface area contributed by atoms with Crippen molar-refractivity contribution < 1.29 is 9.21 Å². The van der Waals surface area contributed by atoms with Crippen LogP contribution in [0.15, 0.2) is 10.5 Å². The zero-order valence-electron chi connectivity index (χ0n) is 11.2. The fraction of sp³-hybridized carbons (Fsp3) is 0.643. The van der Waals surface area contributed by atoms with Crippen molar-refractivity contribution in [2.45, 2.75) is 33.1 Å². The van der Waals surface area contributed by atoms with E-state index in [0.717, 1.165) is 37.4 Å². The second-order valence-corrected chi connectivity index (χ2v) is 4.99. The van der Waals surface area contributed by atoms with Crippen LogP contribution in [0.2, 0.25) is 0 Å². The summed E-state index contributed by atoms with van der Waals surface area (Å²) in [6.07, 6.45) is 3.21. The van der Waals surface area contributed by atoms with Gasteiger partial charge in [0.25, 0.3) is 5.91 Å². The molecule has 1 saturated heterocycles. The minimum Gasteiger partial charge on any atom is -0.456 e. The van der Waals surface area contributed by atoms with Crippen LogP contribution in [0.3, 0.4) is 0 Å². The molecule has 1 aliphatic rings. The van der Waals surface area contributed by atoms with Crippen LogP contribution in [0.1, 0.15) is 41.6 Å². The van der Waals surface area contributed by atoms with Gasteiger partial charge in [0.05, 0.1) is 0 Å². The molecule has 1 aromatic heterocycles. The van der Waals surface area contributed by atoms with Gasteiger partial charge < -0.3 is 15.1 Å². The summed E-state index contributed by atoms with van der Waals surface area (Å²) < 4.78 is 5.54. The fourth-order valence-corrected chi connectivity index (χ4v) is 2.41. The zero-order chi connectivity index (χ0) is 13.0. The standard InChI is InChI=1S/C14H22N2O2/c1-3-12-10(2)7-13(18-12)14(17)16-9-11-5-4-6-15-8-11/h7,11,15H,3-6,8-9H2,1-2H3,(H,16,17)/t11-/m1/s1. The number of hydrogen-bond donors (Lipinski definition) is 2. The minimum absolute atomic E-state index is 0.0941. The van der Waals surface area contributed by atoms with Gasteiger partial charge in [0.1, 0.15) is 5.76 Å². The summed E-state index contributed by atoms with van der Waals surface area (Å²) in [4.78, 5) is 11.9. The Kier molecular flexibility index (Phi) is 4.42. The number of aryl methyl sites for hydroxylation is 2. The van der Waals surface area contributed by atoms with Crippen molar-refractivity contribution in [3.63, 3.8) is 0 Å². The van der Waals surface area contributed by atoms with Crippen LogP contribution in [-0.2, 0) is 6.42 Å². The maximum absolute atomic E-state index is 11.9. The number of amides is 1. The van der Waals surface area contributed by atoms with E-state index in [-0.39, 0.29) is 5.91 Å². The van der Waals surface area contributed by atoms with Crippen LogP contribution in [0, 0.1) is 12.8 Å². The Morgan fingerprint density at radius 3 is 3.06 bits per heavy atom. The average molecular weight is 250 g/mol. The Hall–Kier alpha value is -1.29. The molecule has 1 aromatic rings. The lowest BCUT2D eigenvalue weighted by atomic mass is 10.00. The van der Waals surface area contributed by atoms with Gasteiger partial charge in [0.15, 0.2) is 5.76 Å². The first kappa shape index (κ1) is 13.1. The van der Waals surface area contributed by atoms with Gasteiger partial charge in [-0.05, 0) is 50.4 Å². The molecule has 0 spiro atoms. The summed E-state index contributed by atoms with van der Waals surface area (Å²) in [5.41, 5.74) is 1.06. The number of nitrogens with one attached hydrogen (secondary N) is 2. The number of carbonyl (C=O) groups excluding carboxylic acids is 1. The summed E-state index contributed by atoms with van der Waals surface area (Å²) in [6, 6.07) is 1.83. The smallest absolute Gasteiger partial charge is 0.287 e. The van der Waals surface area contributed by atoms with Crippen LogP contribution in [0.4, 0.5) is 0 Å². The highest BCUT2D eigenvalue weighted by Crippen LogP contribution is 2.15. The topological polar surface area (TPSA) is 54.3 Å². The Balaban J connectivity index is 1.86. The van der Waals surface area contributed by atoms with Crippen molar-refractivity contribution in [2.24, 2.45) is 5.92 Å². The van der Waals surface area contributed by atoms with Crippen molar-refractivity contribution in [3.8, 4) is 0 Å². The van der Waals surface area contributed by atoms with Gasteiger partial charge in [-0.15, -0.1) is 0 Å². The highest BCUT2D eigenvalue weighted by Gasteiger charge is 2.17. The molecule has 2 heterocycles. The Labute approximate surface area is 108 Å². The molecule has 0 radical (unpaired) electrons. The zero-order valence-corrected chi connectivity index (χ0v) is 11.2. The summed E-state index contributed by atoms with van der Waals surface area (Å²) >= 11 is 0. The highest BCUT2D eigenvalue weighted by atomic mass is 16.4. The van der Waals surface area contributed by atoms with Gasteiger partial charge in [0.2, 0.25) is 0 Å². The number of piperidine rings is 1. The van der Waals surface area contributed by atoms with E-state index in [1.807, 2.05) is 19.9 Å². The van der Waals surface area contributed by atoms with Crippen molar-refractivity contribution in [3.05, 3.63) is 23.2 Å². The predicted molar refractivity (Wildman–Crippen MR) is 70.7 cm³/mol. The minimum atomic E-state index is -0.0941. The van der Waals surface area contributed by atoms with E-state index >= 15 is 0 Å². The molecule has 0 aliphatic carbocycles. The van der Waals surface area contributed by atoms with Crippen LogP contribution in [0.5, 0.6) is 0 Å². The molecule has 0 saturated carbocycles. The first-order valence-corrected chi connectivity index (χ1v) is 6.79. The summed E-state index contributed by atoms with van der Waals surface area (Å²) in [6.45, 7) is 6.83. The van der Waals surface area contributed by atoms with Crippen LogP contribution in [0.25, 0.3) is 0 Å². The van der Waals surface area contributed by atoms with Crippen molar-refractivity contribution >= 4 is 5.91 Å². The molecular formula is C14H22N2O2. The van der Waals surface area contributed by atoms with Crippen molar-refractivity contribution in [1.29, 1.82) is 0 Å². The molecule has 2 rings (SSSR count). The van der Waals surface area contributed by atoms with E-state index in [9.17, 15) is 4.79 Å². The van der Waals surface area contributed by atoms with Crippen LogP contribution in [-0.4, -0.2) is 25.5 Å². The van der Waals surface area contributed by atoms with E-state index in [4.69, 9.17) is 4.42 Å².